The minimum absolute atomic E-state index is 0.101. The average molecular weight is 277 g/mol. The minimum Gasteiger partial charge on any atom is -0.494 e. The highest BCUT2D eigenvalue weighted by atomic mass is 16.5. The number of hydrogen-bond donors (Lipinski definition) is 1. The molecule has 20 heavy (non-hydrogen) atoms. The Labute approximate surface area is 120 Å². The fraction of sp³-hybridized carbons (Fsp3) is 0.562. The van der Waals surface area contributed by atoms with Crippen LogP contribution in [0.15, 0.2) is 24.3 Å². The molecule has 1 saturated heterocycles. The van der Waals surface area contributed by atoms with Crippen LogP contribution in [0.5, 0.6) is 5.75 Å². The molecule has 0 spiro atoms. The second-order valence-electron chi connectivity index (χ2n) is 5.04. The van der Waals surface area contributed by atoms with Crippen LogP contribution in [-0.4, -0.2) is 32.3 Å². The topological polar surface area (TPSA) is 47.6 Å². The molecule has 1 aromatic rings. The quantitative estimate of drug-likeness (QED) is 0.811. The van der Waals surface area contributed by atoms with E-state index >= 15 is 0 Å². The maximum Gasteiger partial charge on any atom is 0.310 e. The highest BCUT2D eigenvalue weighted by Crippen LogP contribution is 2.31. The number of rotatable bonds is 6. The van der Waals surface area contributed by atoms with Gasteiger partial charge in [-0.15, -0.1) is 0 Å². The first-order valence-corrected chi connectivity index (χ1v) is 7.36. The maximum atomic E-state index is 12.0. The first-order chi connectivity index (χ1) is 9.76. The molecule has 1 heterocycles. The summed E-state index contributed by atoms with van der Waals surface area (Å²) < 4.78 is 10.8. The zero-order valence-electron chi connectivity index (χ0n) is 12.2. The Balaban J connectivity index is 2.11. The Morgan fingerprint density at radius 3 is 2.95 bits per heavy atom. The average Bonchev–Trinajstić information content (AvgIpc) is 2.95. The van der Waals surface area contributed by atoms with Crippen LogP contribution in [0.4, 0.5) is 0 Å². The zero-order chi connectivity index (χ0) is 14.4. The smallest absolute Gasteiger partial charge is 0.310 e. The predicted molar refractivity (Wildman–Crippen MR) is 78.0 cm³/mol. The van der Waals surface area contributed by atoms with Gasteiger partial charge in [0.1, 0.15) is 5.75 Å². The van der Waals surface area contributed by atoms with Crippen molar-refractivity contribution in [1.82, 2.24) is 5.32 Å². The third-order valence-electron chi connectivity index (χ3n) is 3.56. The van der Waals surface area contributed by atoms with Crippen LogP contribution < -0.4 is 10.1 Å². The molecule has 110 valence electrons. The van der Waals surface area contributed by atoms with Gasteiger partial charge in [0.15, 0.2) is 0 Å². The van der Waals surface area contributed by atoms with Gasteiger partial charge in [0.25, 0.3) is 0 Å². The van der Waals surface area contributed by atoms with E-state index in [9.17, 15) is 4.79 Å². The molecule has 1 aromatic carbocycles. The molecular weight excluding hydrogens is 254 g/mol. The maximum absolute atomic E-state index is 12.0. The summed E-state index contributed by atoms with van der Waals surface area (Å²) in [7, 11) is 0. The molecule has 0 radical (unpaired) electrons. The number of esters is 1. The lowest BCUT2D eigenvalue weighted by Crippen LogP contribution is -2.24. The summed E-state index contributed by atoms with van der Waals surface area (Å²) in [4.78, 5) is 12.0. The highest BCUT2D eigenvalue weighted by Gasteiger charge is 2.35. The number of benzene rings is 1. The van der Waals surface area contributed by atoms with Gasteiger partial charge in [0.05, 0.1) is 19.1 Å². The van der Waals surface area contributed by atoms with Gasteiger partial charge >= 0.3 is 5.97 Å². The number of ether oxygens (including phenoxy) is 2. The van der Waals surface area contributed by atoms with Gasteiger partial charge < -0.3 is 14.8 Å². The summed E-state index contributed by atoms with van der Waals surface area (Å²) in [6.45, 7) is 6.57. The van der Waals surface area contributed by atoms with Gasteiger partial charge in [-0.25, -0.2) is 0 Å². The lowest BCUT2D eigenvalue weighted by molar-refractivity contribution is -0.147. The first kappa shape index (κ1) is 14.9. The third kappa shape index (κ3) is 3.51. The molecule has 0 saturated carbocycles. The van der Waals surface area contributed by atoms with Gasteiger partial charge in [0, 0.05) is 19.0 Å². The van der Waals surface area contributed by atoms with Crippen LogP contribution in [0.25, 0.3) is 0 Å². The molecule has 0 aliphatic carbocycles. The van der Waals surface area contributed by atoms with E-state index in [0.717, 1.165) is 24.3 Å². The zero-order valence-corrected chi connectivity index (χ0v) is 12.2. The van der Waals surface area contributed by atoms with E-state index in [1.165, 1.54) is 0 Å². The molecule has 1 aliphatic rings. The van der Waals surface area contributed by atoms with Gasteiger partial charge in [0.2, 0.25) is 0 Å². The van der Waals surface area contributed by atoms with Crippen LogP contribution in [0.3, 0.4) is 0 Å². The summed E-state index contributed by atoms with van der Waals surface area (Å²) >= 11 is 0. The Morgan fingerprint density at radius 2 is 2.20 bits per heavy atom. The molecule has 4 nitrogen and oxygen atoms in total. The lowest BCUT2D eigenvalue weighted by atomic mass is 9.89. The van der Waals surface area contributed by atoms with Crippen molar-refractivity contribution in [3.8, 4) is 5.75 Å². The molecule has 0 aromatic heterocycles. The summed E-state index contributed by atoms with van der Waals surface area (Å²) in [6, 6.07) is 8.05. The Hall–Kier alpha value is -1.55. The molecule has 2 rings (SSSR count). The molecule has 1 aliphatic heterocycles. The summed E-state index contributed by atoms with van der Waals surface area (Å²) in [6.07, 6.45) is 0.987. The van der Waals surface area contributed by atoms with Gasteiger partial charge in [-0.05, 0) is 31.0 Å². The second kappa shape index (κ2) is 7.29. The van der Waals surface area contributed by atoms with Crippen molar-refractivity contribution in [3.63, 3.8) is 0 Å². The Bertz CT molecular complexity index is 447. The van der Waals surface area contributed by atoms with Gasteiger partial charge in [-0.1, -0.05) is 19.1 Å². The molecule has 2 atom stereocenters. The van der Waals surface area contributed by atoms with Crippen LogP contribution in [0.1, 0.15) is 31.7 Å². The first-order valence-electron chi connectivity index (χ1n) is 7.36. The van der Waals surface area contributed by atoms with Crippen molar-refractivity contribution < 1.29 is 14.3 Å². The van der Waals surface area contributed by atoms with E-state index < -0.39 is 0 Å². The van der Waals surface area contributed by atoms with Crippen LogP contribution >= 0.6 is 0 Å². The van der Waals surface area contributed by atoms with Crippen molar-refractivity contribution in [2.75, 3.05) is 26.3 Å². The Morgan fingerprint density at radius 1 is 1.35 bits per heavy atom. The number of hydrogen-bond acceptors (Lipinski definition) is 4. The Kier molecular flexibility index (Phi) is 5.41. The van der Waals surface area contributed by atoms with E-state index in [0.29, 0.717) is 19.8 Å². The van der Waals surface area contributed by atoms with Crippen molar-refractivity contribution >= 4 is 5.97 Å². The van der Waals surface area contributed by atoms with Crippen molar-refractivity contribution in [1.29, 1.82) is 0 Å². The van der Waals surface area contributed by atoms with Crippen LogP contribution in [0.2, 0.25) is 0 Å². The van der Waals surface area contributed by atoms with E-state index in [-0.39, 0.29) is 17.8 Å². The summed E-state index contributed by atoms with van der Waals surface area (Å²) in [5.74, 6) is 0.830. The predicted octanol–water partition coefficient (Wildman–Crippen LogP) is 2.34. The van der Waals surface area contributed by atoms with E-state index in [1.807, 2.05) is 25.1 Å². The van der Waals surface area contributed by atoms with E-state index in [1.54, 1.807) is 0 Å². The second-order valence-corrected chi connectivity index (χ2v) is 5.04. The number of carbonyl (C=O) groups is 1. The molecule has 1 fully saturated rings. The molecule has 0 bridgehead atoms. The fourth-order valence-electron chi connectivity index (χ4n) is 2.58. The van der Waals surface area contributed by atoms with Crippen molar-refractivity contribution in [2.45, 2.75) is 26.2 Å². The normalized spacial score (nSPS) is 21.7. The molecule has 0 amide bonds. The largest absolute Gasteiger partial charge is 0.494 e. The molecular formula is C16H23NO3. The third-order valence-corrected chi connectivity index (χ3v) is 3.56. The van der Waals surface area contributed by atoms with Crippen LogP contribution in [0, 0.1) is 5.92 Å². The summed E-state index contributed by atoms with van der Waals surface area (Å²) in [5, 5.41) is 3.28. The van der Waals surface area contributed by atoms with Crippen LogP contribution in [-0.2, 0) is 9.53 Å². The van der Waals surface area contributed by atoms with Crippen molar-refractivity contribution in [3.05, 3.63) is 29.8 Å². The monoisotopic (exact) mass is 277 g/mol. The summed E-state index contributed by atoms with van der Waals surface area (Å²) in [5.41, 5.74) is 1.14. The molecule has 2 unspecified atom stereocenters. The fourth-order valence-corrected chi connectivity index (χ4v) is 2.58. The van der Waals surface area contributed by atoms with Gasteiger partial charge in [-0.3, -0.25) is 4.79 Å². The highest BCUT2D eigenvalue weighted by molar-refractivity contribution is 5.74. The number of nitrogens with one attached hydrogen (secondary N) is 1. The SMILES string of the molecule is CCCOc1cccc(C2CNCC2C(=O)OCC)c1. The standard InChI is InChI=1S/C16H23NO3/c1-3-8-20-13-7-5-6-12(9-13)14-10-17-11-15(14)16(18)19-4-2/h5-7,9,14-15,17H,3-4,8,10-11H2,1-2H3. The van der Waals surface area contributed by atoms with E-state index in [4.69, 9.17) is 9.47 Å². The molecule has 4 heteroatoms. The lowest BCUT2D eigenvalue weighted by Gasteiger charge is -2.18. The van der Waals surface area contributed by atoms with Crippen molar-refractivity contribution in [2.24, 2.45) is 5.92 Å². The van der Waals surface area contributed by atoms with E-state index in [2.05, 4.69) is 18.3 Å². The minimum atomic E-state index is -0.109. The number of carbonyl (C=O) groups excluding carboxylic acids is 1. The van der Waals surface area contributed by atoms with Gasteiger partial charge in [-0.2, -0.15) is 0 Å². The molecule has 1 N–H and O–H groups in total.